The SMILES string of the molecule is Cc1cccnc1NC(=O)CNC(=O)c1ccc(F)cc1F. The first-order valence-electron chi connectivity index (χ1n) is 6.42. The van der Waals surface area contributed by atoms with E-state index in [1.165, 1.54) is 6.20 Å². The molecular weight excluding hydrogens is 292 g/mol. The van der Waals surface area contributed by atoms with Crippen molar-refractivity contribution in [2.45, 2.75) is 6.92 Å². The molecule has 0 fully saturated rings. The van der Waals surface area contributed by atoms with E-state index < -0.39 is 23.4 Å². The van der Waals surface area contributed by atoms with E-state index in [1.807, 2.05) is 0 Å². The number of carbonyl (C=O) groups excluding carboxylic acids is 2. The minimum Gasteiger partial charge on any atom is -0.343 e. The summed E-state index contributed by atoms with van der Waals surface area (Å²) in [5.74, 6) is -2.69. The number of hydrogen-bond acceptors (Lipinski definition) is 3. The van der Waals surface area contributed by atoms with E-state index in [2.05, 4.69) is 15.6 Å². The largest absolute Gasteiger partial charge is 0.343 e. The zero-order chi connectivity index (χ0) is 16.1. The van der Waals surface area contributed by atoms with Crippen molar-refractivity contribution in [3.8, 4) is 0 Å². The normalized spacial score (nSPS) is 10.1. The molecule has 0 radical (unpaired) electrons. The van der Waals surface area contributed by atoms with Gasteiger partial charge in [0.1, 0.15) is 17.5 Å². The minimum atomic E-state index is -0.988. The Morgan fingerprint density at radius 3 is 2.68 bits per heavy atom. The van der Waals surface area contributed by atoms with Gasteiger partial charge < -0.3 is 10.6 Å². The van der Waals surface area contributed by atoms with Crippen LogP contribution in [0.15, 0.2) is 36.5 Å². The highest BCUT2D eigenvalue weighted by molar-refractivity contribution is 5.99. The molecule has 0 spiro atoms. The molecular formula is C15H13F2N3O2. The van der Waals surface area contributed by atoms with Gasteiger partial charge >= 0.3 is 0 Å². The molecule has 0 aliphatic heterocycles. The molecule has 0 saturated carbocycles. The topological polar surface area (TPSA) is 71.1 Å². The van der Waals surface area contributed by atoms with Gasteiger partial charge in [-0.1, -0.05) is 6.07 Å². The molecule has 0 saturated heterocycles. The molecule has 0 bridgehead atoms. The summed E-state index contributed by atoms with van der Waals surface area (Å²) >= 11 is 0. The monoisotopic (exact) mass is 305 g/mol. The highest BCUT2D eigenvalue weighted by Gasteiger charge is 2.14. The number of aromatic nitrogens is 1. The van der Waals surface area contributed by atoms with Crippen LogP contribution in [-0.4, -0.2) is 23.3 Å². The number of rotatable bonds is 4. The molecule has 22 heavy (non-hydrogen) atoms. The molecule has 7 heteroatoms. The molecule has 114 valence electrons. The van der Waals surface area contributed by atoms with E-state index in [0.717, 1.165) is 17.7 Å². The maximum Gasteiger partial charge on any atom is 0.254 e. The van der Waals surface area contributed by atoms with Crippen molar-refractivity contribution in [2.75, 3.05) is 11.9 Å². The van der Waals surface area contributed by atoms with Crippen LogP contribution in [0.25, 0.3) is 0 Å². The lowest BCUT2D eigenvalue weighted by Gasteiger charge is -2.08. The average molecular weight is 305 g/mol. The van der Waals surface area contributed by atoms with Crippen LogP contribution >= 0.6 is 0 Å². The zero-order valence-corrected chi connectivity index (χ0v) is 11.7. The van der Waals surface area contributed by atoms with Crippen molar-refractivity contribution in [1.29, 1.82) is 0 Å². The third-order valence-electron chi connectivity index (χ3n) is 2.85. The number of pyridine rings is 1. The standard InChI is InChI=1S/C15H13F2N3O2/c1-9-3-2-6-18-14(9)20-13(21)8-19-15(22)11-5-4-10(16)7-12(11)17/h2-7H,8H2,1H3,(H,19,22)(H,18,20,21). The number of nitrogens with one attached hydrogen (secondary N) is 2. The summed E-state index contributed by atoms with van der Waals surface area (Å²) in [5, 5.41) is 4.78. The van der Waals surface area contributed by atoms with Gasteiger partial charge in [0.2, 0.25) is 5.91 Å². The fourth-order valence-electron chi connectivity index (χ4n) is 1.72. The Morgan fingerprint density at radius 2 is 2.00 bits per heavy atom. The molecule has 0 atom stereocenters. The Kier molecular flexibility index (Phi) is 4.77. The minimum absolute atomic E-state index is 0.330. The number of aryl methyl sites for hydroxylation is 1. The summed E-state index contributed by atoms with van der Waals surface area (Å²) in [6.45, 7) is 1.42. The predicted molar refractivity (Wildman–Crippen MR) is 76.3 cm³/mol. The number of amides is 2. The zero-order valence-electron chi connectivity index (χ0n) is 11.7. The van der Waals surface area contributed by atoms with Crippen molar-refractivity contribution in [3.63, 3.8) is 0 Å². The van der Waals surface area contributed by atoms with Gasteiger partial charge in [-0.25, -0.2) is 13.8 Å². The van der Waals surface area contributed by atoms with Crippen LogP contribution in [0.3, 0.4) is 0 Å². The molecule has 2 N–H and O–H groups in total. The fraction of sp³-hybridized carbons (Fsp3) is 0.133. The Balaban J connectivity index is 1.93. The highest BCUT2D eigenvalue weighted by Crippen LogP contribution is 2.10. The van der Waals surface area contributed by atoms with Gasteiger partial charge in [-0.2, -0.15) is 0 Å². The van der Waals surface area contributed by atoms with Crippen molar-refractivity contribution in [1.82, 2.24) is 10.3 Å². The second kappa shape index (κ2) is 6.75. The van der Waals surface area contributed by atoms with Gasteiger partial charge in [-0.3, -0.25) is 9.59 Å². The van der Waals surface area contributed by atoms with E-state index in [4.69, 9.17) is 0 Å². The van der Waals surface area contributed by atoms with Gasteiger partial charge in [0.15, 0.2) is 0 Å². The van der Waals surface area contributed by atoms with Crippen LogP contribution in [0.2, 0.25) is 0 Å². The Morgan fingerprint density at radius 1 is 1.23 bits per heavy atom. The number of carbonyl (C=O) groups is 2. The highest BCUT2D eigenvalue weighted by atomic mass is 19.1. The van der Waals surface area contributed by atoms with E-state index in [9.17, 15) is 18.4 Å². The quantitative estimate of drug-likeness (QED) is 0.908. The van der Waals surface area contributed by atoms with Gasteiger partial charge in [-0.15, -0.1) is 0 Å². The first-order valence-corrected chi connectivity index (χ1v) is 6.42. The second-order valence-electron chi connectivity index (χ2n) is 4.52. The van der Waals surface area contributed by atoms with Crippen molar-refractivity contribution < 1.29 is 18.4 Å². The van der Waals surface area contributed by atoms with Gasteiger partial charge in [-0.05, 0) is 30.7 Å². The van der Waals surface area contributed by atoms with E-state index in [1.54, 1.807) is 19.1 Å². The molecule has 0 aliphatic carbocycles. The second-order valence-corrected chi connectivity index (χ2v) is 4.52. The first-order chi connectivity index (χ1) is 10.5. The van der Waals surface area contributed by atoms with E-state index >= 15 is 0 Å². The number of hydrogen-bond donors (Lipinski definition) is 2. The lowest BCUT2D eigenvalue weighted by atomic mass is 10.2. The van der Waals surface area contributed by atoms with Gasteiger partial charge in [0.05, 0.1) is 12.1 Å². The molecule has 0 unspecified atom stereocenters. The molecule has 0 aliphatic rings. The van der Waals surface area contributed by atoms with E-state index in [-0.39, 0.29) is 12.1 Å². The summed E-state index contributed by atoms with van der Waals surface area (Å²) in [6.07, 6.45) is 1.52. The maximum atomic E-state index is 13.4. The summed E-state index contributed by atoms with van der Waals surface area (Å²) in [5.41, 5.74) is 0.440. The van der Waals surface area contributed by atoms with Crippen molar-refractivity contribution in [2.24, 2.45) is 0 Å². The van der Waals surface area contributed by atoms with Crippen LogP contribution in [-0.2, 0) is 4.79 Å². The molecule has 2 amide bonds. The fourth-order valence-corrected chi connectivity index (χ4v) is 1.72. The third-order valence-corrected chi connectivity index (χ3v) is 2.85. The lowest BCUT2D eigenvalue weighted by Crippen LogP contribution is -2.33. The summed E-state index contributed by atoms with van der Waals surface area (Å²) in [4.78, 5) is 27.4. The van der Waals surface area contributed by atoms with Gasteiger partial charge in [0.25, 0.3) is 5.91 Å². The smallest absolute Gasteiger partial charge is 0.254 e. The molecule has 1 aromatic carbocycles. The number of anilines is 1. The molecule has 1 heterocycles. The first kappa shape index (κ1) is 15.6. The molecule has 2 rings (SSSR count). The Hall–Kier alpha value is -2.83. The number of benzene rings is 1. The van der Waals surface area contributed by atoms with Crippen LogP contribution < -0.4 is 10.6 Å². The molecule has 5 nitrogen and oxygen atoms in total. The lowest BCUT2D eigenvalue weighted by molar-refractivity contribution is -0.115. The molecule has 1 aromatic heterocycles. The van der Waals surface area contributed by atoms with Crippen LogP contribution in [0.5, 0.6) is 0 Å². The summed E-state index contributed by atoms with van der Waals surface area (Å²) < 4.78 is 26.2. The van der Waals surface area contributed by atoms with Crippen molar-refractivity contribution >= 4 is 17.6 Å². The molecule has 2 aromatic rings. The summed E-state index contributed by atoms with van der Waals surface area (Å²) in [7, 11) is 0. The van der Waals surface area contributed by atoms with Crippen LogP contribution in [0.4, 0.5) is 14.6 Å². The van der Waals surface area contributed by atoms with E-state index in [0.29, 0.717) is 11.9 Å². The Bertz CT molecular complexity index is 720. The van der Waals surface area contributed by atoms with Crippen molar-refractivity contribution in [3.05, 3.63) is 59.3 Å². The Labute approximate surface area is 125 Å². The third kappa shape index (κ3) is 3.85. The maximum absolute atomic E-state index is 13.4. The van der Waals surface area contributed by atoms with Gasteiger partial charge in [0, 0.05) is 12.3 Å². The average Bonchev–Trinajstić information content (AvgIpc) is 2.47. The predicted octanol–water partition coefficient (Wildman–Crippen LogP) is 2.04. The van der Waals surface area contributed by atoms with Crippen LogP contribution in [0.1, 0.15) is 15.9 Å². The van der Waals surface area contributed by atoms with Crippen LogP contribution in [0, 0.1) is 18.6 Å². The number of halogens is 2. The number of nitrogens with zero attached hydrogens (tertiary/aromatic N) is 1. The summed E-state index contributed by atoms with van der Waals surface area (Å²) in [6, 6.07) is 6.08.